The molecule has 0 aromatic carbocycles. The number of hydrogen-bond donors (Lipinski definition) is 1. The monoisotopic (exact) mass is 228 g/mol. The maximum absolute atomic E-state index is 9.00. The van der Waals surface area contributed by atoms with Crippen LogP contribution in [0.3, 0.4) is 0 Å². The van der Waals surface area contributed by atoms with Crippen LogP contribution in [0.1, 0.15) is 41.0 Å². The molecular weight excluding hydrogens is 200 g/mol. The molecule has 96 valence electrons. The average molecular weight is 228 g/mol. The highest BCUT2D eigenvalue weighted by Crippen LogP contribution is 2.36. The van der Waals surface area contributed by atoms with Crippen molar-refractivity contribution in [3.05, 3.63) is 0 Å². The topological polar surface area (TPSA) is 26.7 Å². The van der Waals surface area contributed by atoms with Gasteiger partial charge in [-0.05, 0) is 48.1 Å². The summed E-state index contributed by atoms with van der Waals surface area (Å²) in [6, 6.07) is 0.571. The normalized spacial score (nSPS) is 26.6. The fourth-order valence-corrected chi connectivity index (χ4v) is 3.03. The lowest BCUT2D eigenvalue weighted by atomic mass is 9.95. The first-order chi connectivity index (χ1) is 7.18. The van der Waals surface area contributed by atoms with Crippen molar-refractivity contribution < 1.29 is 5.11 Å². The fraction of sp³-hybridized carbons (Fsp3) is 1.00. The first kappa shape index (κ1) is 13.9. The smallest absolute Gasteiger partial charge is 0.0558 e. The molecule has 0 saturated carbocycles. The van der Waals surface area contributed by atoms with Crippen molar-refractivity contribution >= 4 is 0 Å². The van der Waals surface area contributed by atoms with Gasteiger partial charge in [0, 0.05) is 30.2 Å². The molecule has 0 unspecified atom stereocenters. The molecule has 1 saturated heterocycles. The van der Waals surface area contributed by atoms with Crippen LogP contribution in [0.2, 0.25) is 0 Å². The highest BCUT2D eigenvalue weighted by molar-refractivity contribution is 5.01. The van der Waals surface area contributed by atoms with Crippen LogP contribution in [-0.2, 0) is 0 Å². The van der Waals surface area contributed by atoms with Crippen LogP contribution in [0.4, 0.5) is 0 Å². The summed E-state index contributed by atoms with van der Waals surface area (Å²) >= 11 is 0. The van der Waals surface area contributed by atoms with Crippen LogP contribution in [0.5, 0.6) is 0 Å². The summed E-state index contributed by atoms with van der Waals surface area (Å²) in [4.78, 5) is 4.87. The summed E-state index contributed by atoms with van der Waals surface area (Å²) < 4.78 is 0. The van der Waals surface area contributed by atoms with Crippen LogP contribution in [0.15, 0.2) is 0 Å². The van der Waals surface area contributed by atoms with Crippen LogP contribution < -0.4 is 0 Å². The zero-order chi connectivity index (χ0) is 12.6. The largest absolute Gasteiger partial charge is 0.395 e. The number of aliphatic hydroxyl groups is 1. The van der Waals surface area contributed by atoms with Crippen LogP contribution >= 0.6 is 0 Å². The van der Waals surface area contributed by atoms with Crippen molar-refractivity contribution in [1.29, 1.82) is 0 Å². The standard InChI is InChI=1S/C13H28N2O/c1-12(2,3)15-10-11(9-13(15,4)5)14(6)7-8-16/h11,16H,7-10H2,1-6H3/t11-/m0/s1. The van der Waals surface area contributed by atoms with Gasteiger partial charge in [-0.2, -0.15) is 0 Å². The lowest BCUT2D eigenvalue weighted by molar-refractivity contribution is 0.0655. The second kappa shape index (κ2) is 4.63. The van der Waals surface area contributed by atoms with Gasteiger partial charge < -0.3 is 5.11 Å². The van der Waals surface area contributed by atoms with E-state index >= 15 is 0 Å². The molecule has 0 bridgehead atoms. The summed E-state index contributed by atoms with van der Waals surface area (Å²) in [5.41, 5.74) is 0.477. The van der Waals surface area contributed by atoms with Crippen LogP contribution in [0, 0.1) is 0 Å². The molecule has 1 atom stereocenters. The number of aliphatic hydroxyl groups excluding tert-OH is 1. The molecule has 0 aliphatic carbocycles. The minimum Gasteiger partial charge on any atom is -0.395 e. The molecule has 16 heavy (non-hydrogen) atoms. The number of nitrogens with zero attached hydrogens (tertiary/aromatic N) is 2. The average Bonchev–Trinajstić information content (AvgIpc) is 2.41. The Balaban J connectivity index is 2.72. The van der Waals surface area contributed by atoms with Crippen molar-refractivity contribution in [3.8, 4) is 0 Å². The molecule has 0 radical (unpaired) electrons. The van der Waals surface area contributed by atoms with Crippen molar-refractivity contribution in [2.45, 2.75) is 58.2 Å². The Morgan fingerprint density at radius 3 is 2.31 bits per heavy atom. The molecular formula is C13H28N2O. The second-order valence-corrected chi connectivity index (χ2v) is 6.66. The first-order valence-electron chi connectivity index (χ1n) is 6.27. The Kier molecular flexibility index (Phi) is 4.04. The molecule has 1 aliphatic heterocycles. The molecule has 1 N–H and O–H groups in total. The van der Waals surface area contributed by atoms with Crippen molar-refractivity contribution in [2.75, 3.05) is 26.7 Å². The van der Waals surface area contributed by atoms with Crippen LogP contribution in [-0.4, -0.2) is 58.8 Å². The zero-order valence-corrected chi connectivity index (χ0v) is 11.7. The minimum atomic E-state index is 0.221. The number of hydrogen-bond acceptors (Lipinski definition) is 3. The van der Waals surface area contributed by atoms with Gasteiger partial charge in [-0.3, -0.25) is 9.80 Å². The van der Waals surface area contributed by atoms with E-state index in [1.165, 1.54) is 6.42 Å². The summed E-state index contributed by atoms with van der Waals surface area (Å²) in [5.74, 6) is 0. The van der Waals surface area contributed by atoms with E-state index in [2.05, 4.69) is 51.5 Å². The molecule has 1 aliphatic rings. The Morgan fingerprint density at radius 1 is 1.38 bits per heavy atom. The van der Waals surface area contributed by atoms with Gasteiger partial charge in [-0.25, -0.2) is 0 Å². The Morgan fingerprint density at radius 2 is 1.94 bits per heavy atom. The number of rotatable bonds is 3. The number of likely N-dealkylation sites (N-methyl/N-ethyl adjacent to an activating group) is 1. The van der Waals surface area contributed by atoms with E-state index in [-0.39, 0.29) is 17.7 Å². The van der Waals surface area contributed by atoms with Gasteiger partial charge in [0.2, 0.25) is 0 Å². The maximum atomic E-state index is 9.00. The maximum Gasteiger partial charge on any atom is 0.0558 e. The molecule has 0 amide bonds. The van der Waals surface area contributed by atoms with Gasteiger partial charge in [0.15, 0.2) is 0 Å². The van der Waals surface area contributed by atoms with E-state index in [1.807, 2.05) is 0 Å². The van der Waals surface area contributed by atoms with Gasteiger partial charge in [-0.1, -0.05) is 0 Å². The van der Waals surface area contributed by atoms with Gasteiger partial charge in [0.25, 0.3) is 0 Å². The lowest BCUT2D eigenvalue weighted by Gasteiger charge is -2.42. The van der Waals surface area contributed by atoms with Gasteiger partial charge in [-0.15, -0.1) is 0 Å². The molecule has 0 aromatic rings. The van der Waals surface area contributed by atoms with Crippen LogP contribution in [0.25, 0.3) is 0 Å². The highest BCUT2D eigenvalue weighted by Gasteiger charge is 2.44. The van der Waals surface area contributed by atoms with E-state index in [1.54, 1.807) is 0 Å². The van der Waals surface area contributed by atoms with Crippen molar-refractivity contribution in [3.63, 3.8) is 0 Å². The van der Waals surface area contributed by atoms with E-state index in [0.29, 0.717) is 6.04 Å². The second-order valence-electron chi connectivity index (χ2n) is 6.66. The van der Waals surface area contributed by atoms with E-state index in [4.69, 9.17) is 5.11 Å². The third kappa shape index (κ3) is 2.96. The molecule has 0 spiro atoms. The molecule has 1 fully saturated rings. The number of likely N-dealkylation sites (tertiary alicyclic amines) is 1. The molecule has 0 aromatic heterocycles. The van der Waals surface area contributed by atoms with Crippen molar-refractivity contribution in [2.24, 2.45) is 0 Å². The Hall–Kier alpha value is -0.120. The fourth-order valence-electron chi connectivity index (χ4n) is 3.03. The predicted molar refractivity (Wildman–Crippen MR) is 68.7 cm³/mol. The summed E-state index contributed by atoms with van der Waals surface area (Å²) in [6.07, 6.45) is 1.18. The summed E-state index contributed by atoms with van der Waals surface area (Å²) in [6.45, 7) is 13.6. The molecule has 1 heterocycles. The van der Waals surface area contributed by atoms with E-state index in [0.717, 1.165) is 13.1 Å². The highest BCUT2D eigenvalue weighted by atomic mass is 16.3. The zero-order valence-electron chi connectivity index (χ0n) is 11.7. The third-order valence-corrected chi connectivity index (χ3v) is 3.74. The Bertz CT molecular complexity index is 233. The summed E-state index contributed by atoms with van der Waals surface area (Å²) in [5, 5.41) is 9.00. The Labute approximate surface area is 100 Å². The summed E-state index contributed by atoms with van der Waals surface area (Å²) in [7, 11) is 2.11. The molecule has 1 rings (SSSR count). The predicted octanol–water partition coefficient (Wildman–Crippen LogP) is 1.56. The molecule has 3 heteroatoms. The van der Waals surface area contributed by atoms with Gasteiger partial charge >= 0.3 is 0 Å². The van der Waals surface area contributed by atoms with E-state index < -0.39 is 0 Å². The first-order valence-corrected chi connectivity index (χ1v) is 6.27. The lowest BCUT2D eigenvalue weighted by Crippen LogP contribution is -2.50. The van der Waals surface area contributed by atoms with Gasteiger partial charge in [0.05, 0.1) is 6.61 Å². The minimum absolute atomic E-state index is 0.221. The van der Waals surface area contributed by atoms with E-state index in [9.17, 15) is 0 Å². The molecule has 3 nitrogen and oxygen atoms in total. The van der Waals surface area contributed by atoms with Gasteiger partial charge in [0.1, 0.15) is 0 Å². The quantitative estimate of drug-likeness (QED) is 0.794. The van der Waals surface area contributed by atoms with Crippen molar-refractivity contribution in [1.82, 2.24) is 9.80 Å². The third-order valence-electron chi connectivity index (χ3n) is 3.74. The SMILES string of the molecule is CN(CCO)[C@@H]1CN(C(C)(C)C)C(C)(C)C1.